The van der Waals surface area contributed by atoms with Crippen LogP contribution in [0, 0.1) is 0 Å². The van der Waals surface area contributed by atoms with Crippen molar-refractivity contribution in [3.63, 3.8) is 0 Å². The van der Waals surface area contributed by atoms with E-state index in [0.717, 1.165) is 50.9 Å². The summed E-state index contributed by atoms with van der Waals surface area (Å²) >= 11 is 0. The van der Waals surface area contributed by atoms with Gasteiger partial charge < -0.3 is 20.2 Å². The Morgan fingerprint density at radius 2 is 1.53 bits per heavy atom. The number of aliphatic imine (C=N–C) groups is 1. The van der Waals surface area contributed by atoms with Crippen LogP contribution in [0.5, 0.6) is 5.75 Å². The third-order valence-corrected chi connectivity index (χ3v) is 6.41. The minimum absolute atomic E-state index is 0. The highest BCUT2D eigenvalue weighted by atomic mass is 127. The quantitative estimate of drug-likeness (QED) is 0.337. The number of phenolic OH excluding ortho intramolecular Hbond substituents is 1. The smallest absolute Gasteiger partial charge is 0.194 e. The van der Waals surface area contributed by atoms with E-state index in [0.29, 0.717) is 5.75 Å². The topological polar surface area (TPSA) is 54.3 Å². The number of anilines is 1. The molecule has 0 radical (unpaired) electrons. The Hall–Kier alpha value is -2.00. The Morgan fingerprint density at radius 3 is 2.22 bits per heavy atom. The molecule has 0 aromatic heterocycles. The van der Waals surface area contributed by atoms with E-state index in [9.17, 15) is 5.11 Å². The number of hydrogen-bond donors (Lipinski definition) is 2. The fourth-order valence-electron chi connectivity index (χ4n) is 4.64. The molecule has 0 spiro atoms. The number of hydrogen-bond acceptors (Lipinski definition) is 4. The van der Waals surface area contributed by atoms with Crippen LogP contribution in [0.4, 0.5) is 5.69 Å². The van der Waals surface area contributed by atoms with E-state index < -0.39 is 0 Å². The number of piperazine rings is 1. The average molecular weight is 550 g/mol. The van der Waals surface area contributed by atoms with Crippen molar-refractivity contribution in [1.29, 1.82) is 0 Å². The Morgan fingerprint density at radius 1 is 0.875 bits per heavy atom. The van der Waals surface area contributed by atoms with Gasteiger partial charge in [0, 0.05) is 46.3 Å². The van der Waals surface area contributed by atoms with E-state index in [4.69, 9.17) is 0 Å². The fourth-order valence-corrected chi connectivity index (χ4v) is 4.64. The lowest BCUT2D eigenvalue weighted by Crippen LogP contribution is -2.52. The summed E-state index contributed by atoms with van der Waals surface area (Å²) in [6, 6.07) is 16.4. The Balaban J connectivity index is 0.00000289. The third kappa shape index (κ3) is 6.28. The van der Waals surface area contributed by atoms with E-state index in [1.165, 1.54) is 43.5 Å². The maximum absolute atomic E-state index is 10.1. The first-order valence-corrected chi connectivity index (χ1v) is 11.5. The van der Waals surface area contributed by atoms with E-state index in [2.05, 4.69) is 49.3 Å². The van der Waals surface area contributed by atoms with Gasteiger partial charge in [0.05, 0.1) is 5.69 Å². The van der Waals surface area contributed by atoms with Crippen molar-refractivity contribution in [2.75, 3.05) is 51.2 Å². The molecule has 2 fully saturated rings. The fraction of sp³-hybridized carbons (Fsp3) is 0.480. The van der Waals surface area contributed by atoms with Crippen molar-refractivity contribution in [2.24, 2.45) is 4.99 Å². The van der Waals surface area contributed by atoms with Crippen molar-refractivity contribution in [1.82, 2.24) is 15.1 Å². The van der Waals surface area contributed by atoms with E-state index in [-0.39, 0.29) is 24.0 Å². The third-order valence-electron chi connectivity index (χ3n) is 6.41. The SMILES string of the molecule is CN=C(NCc1ccccc1CN1CCCCC1)N1CCN(c2ccccc2O)CC1.I. The number of guanidine groups is 1. The molecule has 2 N–H and O–H groups in total. The van der Waals surface area contributed by atoms with E-state index in [1.54, 1.807) is 6.07 Å². The summed E-state index contributed by atoms with van der Waals surface area (Å²) in [5, 5.41) is 13.7. The first-order chi connectivity index (χ1) is 15.2. The second kappa shape index (κ2) is 12.3. The van der Waals surface area contributed by atoms with Crippen molar-refractivity contribution in [2.45, 2.75) is 32.4 Å². The van der Waals surface area contributed by atoms with Crippen LogP contribution in [0.1, 0.15) is 30.4 Å². The molecule has 0 saturated carbocycles. The number of aromatic hydroxyl groups is 1. The lowest BCUT2D eigenvalue weighted by Gasteiger charge is -2.38. The molecule has 4 rings (SSSR count). The number of nitrogens with one attached hydrogen (secondary N) is 1. The normalized spacial score (nSPS) is 17.7. The van der Waals surface area contributed by atoms with Gasteiger partial charge in [-0.15, -0.1) is 24.0 Å². The molecule has 2 aromatic carbocycles. The number of piperidine rings is 1. The Bertz CT molecular complexity index is 876. The molecule has 174 valence electrons. The lowest BCUT2D eigenvalue weighted by atomic mass is 10.0. The molecule has 2 saturated heterocycles. The standard InChI is InChI=1S/C25H35N5O.HI/c1-26-25(30-17-15-29(16-18-30)23-11-5-6-12-24(23)31)27-19-21-9-3-4-10-22(21)20-28-13-7-2-8-14-28;/h3-6,9-12,31H,2,7-8,13-20H2,1H3,(H,26,27);1H. The maximum atomic E-state index is 10.1. The molecule has 32 heavy (non-hydrogen) atoms. The van der Waals surface area contributed by atoms with Crippen LogP contribution in [0.3, 0.4) is 0 Å². The number of rotatable bonds is 5. The zero-order valence-corrected chi connectivity index (χ0v) is 21.4. The van der Waals surface area contributed by atoms with E-state index >= 15 is 0 Å². The largest absolute Gasteiger partial charge is 0.506 e. The zero-order chi connectivity index (χ0) is 21.5. The molecule has 2 heterocycles. The highest BCUT2D eigenvalue weighted by molar-refractivity contribution is 14.0. The van der Waals surface area contributed by atoms with Crippen LogP contribution >= 0.6 is 24.0 Å². The summed E-state index contributed by atoms with van der Waals surface area (Å²) in [4.78, 5) is 11.7. The lowest BCUT2D eigenvalue weighted by molar-refractivity contribution is 0.220. The maximum Gasteiger partial charge on any atom is 0.194 e. The molecule has 7 heteroatoms. The molecule has 2 aromatic rings. The average Bonchev–Trinajstić information content (AvgIpc) is 2.82. The summed E-state index contributed by atoms with van der Waals surface area (Å²) in [5.41, 5.74) is 3.68. The van der Waals surface area contributed by atoms with Crippen molar-refractivity contribution in [3.05, 3.63) is 59.7 Å². The van der Waals surface area contributed by atoms with Crippen LogP contribution in [-0.2, 0) is 13.1 Å². The van der Waals surface area contributed by atoms with Crippen molar-refractivity contribution in [3.8, 4) is 5.75 Å². The molecular formula is C25H36IN5O. The molecule has 2 aliphatic rings. The van der Waals surface area contributed by atoms with Crippen molar-refractivity contribution < 1.29 is 5.11 Å². The molecule has 0 aliphatic carbocycles. The summed E-state index contributed by atoms with van der Waals surface area (Å²) in [7, 11) is 1.86. The zero-order valence-electron chi connectivity index (χ0n) is 19.0. The van der Waals surface area contributed by atoms with Gasteiger partial charge in [0.2, 0.25) is 0 Å². The second-order valence-electron chi connectivity index (χ2n) is 8.47. The monoisotopic (exact) mass is 549 g/mol. The number of phenols is 1. The van der Waals surface area contributed by atoms with E-state index in [1.807, 2.05) is 25.2 Å². The summed E-state index contributed by atoms with van der Waals surface area (Å²) in [6.07, 6.45) is 4.01. The van der Waals surface area contributed by atoms with Crippen LogP contribution in [0.25, 0.3) is 0 Å². The van der Waals surface area contributed by atoms with Gasteiger partial charge in [0.15, 0.2) is 5.96 Å². The highest BCUT2D eigenvalue weighted by Crippen LogP contribution is 2.27. The summed E-state index contributed by atoms with van der Waals surface area (Å²) in [5.74, 6) is 1.30. The molecular weight excluding hydrogens is 513 g/mol. The van der Waals surface area contributed by atoms with Crippen molar-refractivity contribution >= 4 is 35.6 Å². The van der Waals surface area contributed by atoms with Crippen LogP contribution in [0.15, 0.2) is 53.5 Å². The van der Waals surface area contributed by atoms with Gasteiger partial charge in [-0.25, -0.2) is 0 Å². The van der Waals surface area contributed by atoms with Gasteiger partial charge in [-0.05, 0) is 49.2 Å². The molecule has 0 atom stereocenters. The van der Waals surface area contributed by atoms with Gasteiger partial charge in [-0.3, -0.25) is 9.89 Å². The van der Waals surface area contributed by atoms with Crippen LogP contribution in [0.2, 0.25) is 0 Å². The van der Waals surface area contributed by atoms with Crippen LogP contribution in [-0.4, -0.2) is 67.2 Å². The number of nitrogens with zero attached hydrogens (tertiary/aromatic N) is 4. The van der Waals surface area contributed by atoms with Crippen LogP contribution < -0.4 is 10.2 Å². The molecule has 2 aliphatic heterocycles. The van der Waals surface area contributed by atoms with Gasteiger partial charge >= 0.3 is 0 Å². The molecule has 6 nitrogen and oxygen atoms in total. The molecule has 0 unspecified atom stereocenters. The minimum Gasteiger partial charge on any atom is -0.506 e. The van der Waals surface area contributed by atoms with Gasteiger partial charge in [0.1, 0.15) is 5.75 Å². The first-order valence-electron chi connectivity index (χ1n) is 11.5. The number of likely N-dealkylation sites (tertiary alicyclic amines) is 1. The Kier molecular flexibility index (Phi) is 9.47. The number of para-hydroxylation sites is 2. The minimum atomic E-state index is 0. The summed E-state index contributed by atoms with van der Waals surface area (Å²) in [6.45, 7) is 7.74. The van der Waals surface area contributed by atoms with Gasteiger partial charge in [-0.2, -0.15) is 0 Å². The Labute approximate surface area is 209 Å². The molecule has 0 amide bonds. The predicted molar refractivity (Wildman–Crippen MR) is 143 cm³/mol. The molecule has 0 bridgehead atoms. The van der Waals surface area contributed by atoms with Gasteiger partial charge in [0.25, 0.3) is 0 Å². The number of halogens is 1. The number of benzene rings is 2. The summed E-state index contributed by atoms with van der Waals surface area (Å²) < 4.78 is 0. The van der Waals surface area contributed by atoms with Gasteiger partial charge in [-0.1, -0.05) is 42.8 Å². The second-order valence-corrected chi connectivity index (χ2v) is 8.47. The predicted octanol–water partition coefficient (Wildman–Crippen LogP) is 3.89. The first kappa shape index (κ1) is 24.6. The highest BCUT2D eigenvalue weighted by Gasteiger charge is 2.21.